The summed E-state index contributed by atoms with van der Waals surface area (Å²) in [6.45, 7) is 5.35. The highest BCUT2D eigenvalue weighted by Crippen LogP contribution is 2.30. The van der Waals surface area contributed by atoms with Crippen LogP contribution in [0.15, 0.2) is 48.7 Å². The van der Waals surface area contributed by atoms with E-state index in [2.05, 4.69) is 10.3 Å². The number of morpholine rings is 1. The maximum atomic E-state index is 13.2. The Balaban J connectivity index is 1.69. The summed E-state index contributed by atoms with van der Waals surface area (Å²) < 4.78 is 11.0. The summed E-state index contributed by atoms with van der Waals surface area (Å²) in [4.78, 5) is 19.5. The summed E-state index contributed by atoms with van der Waals surface area (Å²) in [5.41, 5.74) is 3.11. The fourth-order valence-corrected chi connectivity index (χ4v) is 3.73. The number of rotatable bonds is 6. The monoisotopic (exact) mass is 425 g/mol. The van der Waals surface area contributed by atoms with Crippen molar-refractivity contribution in [2.75, 3.05) is 38.2 Å². The first-order valence-corrected chi connectivity index (χ1v) is 10.4. The van der Waals surface area contributed by atoms with Crippen molar-refractivity contribution in [2.45, 2.75) is 13.5 Å². The molecule has 1 aromatic heterocycles. The van der Waals surface area contributed by atoms with Gasteiger partial charge in [-0.25, -0.2) is 0 Å². The van der Waals surface area contributed by atoms with Gasteiger partial charge in [0.2, 0.25) is 0 Å². The van der Waals surface area contributed by atoms with Gasteiger partial charge in [0.15, 0.2) is 0 Å². The van der Waals surface area contributed by atoms with Gasteiger partial charge in [-0.3, -0.25) is 9.78 Å². The molecule has 0 radical (unpaired) electrons. The number of fused-ring (bicyclic) bond motifs is 1. The summed E-state index contributed by atoms with van der Waals surface area (Å²) >= 11 is 6.26. The summed E-state index contributed by atoms with van der Waals surface area (Å²) in [5.74, 6) is 0.766. The van der Waals surface area contributed by atoms with Crippen molar-refractivity contribution in [3.63, 3.8) is 0 Å². The zero-order chi connectivity index (χ0) is 20.9. The van der Waals surface area contributed by atoms with Gasteiger partial charge in [0.1, 0.15) is 5.75 Å². The molecule has 0 saturated carbocycles. The van der Waals surface area contributed by atoms with Gasteiger partial charge in [0.05, 0.1) is 36.6 Å². The van der Waals surface area contributed by atoms with Crippen LogP contribution in [0.4, 0.5) is 5.69 Å². The number of hydrogen-bond donors (Lipinski definition) is 1. The molecule has 4 rings (SSSR count). The van der Waals surface area contributed by atoms with Crippen LogP contribution in [0.3, 0.4) is 0 Å². The largest absolute Gasteiger partial charge is 0.494 e. The second kappa shape index (κ2) is 9.32. The second-order valence-electron chi connectivity index (χ2n) is 7.05. The minimum absolute atomic E-state index is 0.0572. The highest BCUT2D eigenvalue weighted by molar-refractivity contribution is 6.31. The standard InChI is InChI=1S/C23H24ClN3O3/c1-2-30-18-5-3-4-16(12-18)14-26-22-19-13-17(24)6-7-21(19)25-15-20(22)23(28)27-8-10-29-11-9-27/h3-7,12-13,15H,2,8-11,14H2,1H3,(H,25,26). The smallest absolute Gasteiger partial charge is 0.257 e. The Morgan fingerprint density at radius 1 is 1.23 bits per heavy atom. The third-order valence-corrected chi connectivity index (χ3v) is 5.27. The predicted octanol–water partition coefficient (Wildman–Crippen LogP) is 4.37. The average Bonchev–Trinajstić information content (AvgIpc) is 2.78. The summed E-state index contributed by atoms with van der Waals surface area (Å²) in [6, 6.07) is 13.4. The number of amides is 1. The van der Waals surface area contributed by atoms with Crippen molar-refractivity contribution in [1.29, 1.82) is 0 Å². The number of carbonyl (C=O) groups excluding carboxylic acids is 1. The van der Waals surface area contributed by atoms with Crippen molar-refractivity contribution in [1.82, 2.24) is 9.88 Å². The SMILES string of the molecule is CCOc1cccc(CNc2c(C(=O)N3CCOCC3)cnc3ccc(Cl)cc23)c1. The molecule has 156 valence electrons. The highest BCUT2D eigenvalue weighted by atomic mass is 35.5. The summed E-state index contributed by atoms with van der Waals surface area (Å²) in [7, 11) is 0. The number of hydrogen-bond acceptors (Lipinski definition) is 5. The van der Waals surface area contributed by atoms with E-state index in [1.165, 1.54) is 0 Å². The lowest BCUT2D eigenvalue weighted by atomic mass is 10.1. The minimum atomic E-state index is -0.0572. The molecule has 0 spiro atoms. The molecule has 1 aliphatic heterocycles. The first-order chi connectivity index (χ1) is 14.7. The van der Waals surface area contributed by atoms with E-state index in [0.717, 1.165) is 27.9 Å². The Morgan fingerprint density at radius 2 is 2.07 bits per heavy atom. The zero-order valence-electron chi connectivity index (χ0n) is 16.9. The number of aromatic nitrogens is 1. The molecule has 2 aromatic carbocycles. The van der Waals surface area contributed by atoms with Gasteiger partial charge in [-0.15, -0.1) is 0 Å². The van der Waals surface area contributed by atoms with Gasteiger partial charge in [-0.1, -0.05) is 23.7 Å². The van der Waals surface area contributed by atoms with Crippen LogP contribution in [-0.4, -0.2) is 48.7 Å². The molecular formula is C23H24ClN3O3. The summed E-state index contributed by atoms with van der Waals surface area (Å²) in [6.07, 6.45) is 1.65. The lowest BCUT2D eigenvalue weighted by molar-refractivity contribution is 0.0303. The number of nitrogens with zero attached hydrogens (tertiary/aromatic N) is 2. The molecule has 0 bridgehead atoms. The zero-order valence-corrected chi connectivity index (χ0v) is 17.6. The molecule has 0 aliphatic carbocycles. The molecule has 0 unspecified atom stereocenters. The fourth-order valence-electron chi connectivity index (χ4n) is 3.56. The van der Waals surface area contributed by atoms with Gasteiger partial charge in [0, 0.05) is 36.2 Å². The molecule has 6 nitrogen and oxygen atoms in total. The maximum absolute atomic E-state index is 13.2. The third kappa shape index (κ3) is 4.50. The Hall–Kier alpha value is -2.83. The number of ether oxygens (including phenoxy) is 2. The Morgan fingerprint density at radius 3 is 2.87 bits per heavy atom. The Bertz CT molecular complexity index is 1050. The van der Waals surface area contributed by atoms with Crippen molar-refractivity contribution in [3.05, 3.63) is 64.8 Å². The first kappa shape index (κ1) is 20.4. The van der Waals surface area contributed by atoms with E-state index in [9.17, 15) is 4.79 Å². The van der Waals surface area contributed by atoms with E-state index in [1.807, 2.05) is 43.3 Å². The van der Waals surface area contributed by atoms with Crippen LogP contribution in [0.5, 0.6) is 5.75 Å². The highest BCUT2D eigenvalue weighted by Gasteiger charge is 2.23. The predicted molar refractivity (Wildman–Crippen MR) is 118 cm³/mol. The number of halogens is 1. The van der Waals surface area contributed by atoms with Gasteiger partial charge in [0.25, 0.3) is 5.91 Å². The number of nitrogens with one attached hydrogen (secondary N) is 1. The molecule has 1 saturated heterocycles. The Kier molecular flexibility index (Phi) is 6.35. The lowest BCUT2D eigenvalue weighted by Gasteiger charge is -2.28. The van der Waals surface area contributed by atoms with Crippen molar-refractivity contribution in [3.8, 4) is 5.75 Å². The van der Waals surface area contributed by atoms with Gasteiger partial charge in [-0.2, -0.15) is 0 Å². The summed E-state index contributed by atoms with van der Waals surface area (Å²) in [5, 5.41) is 4.88. The van der Waals surface area contributed by atoms with E-state index in [0.29, 0.717) is 50.0 Å². The molecule has 30 heavy (non-hydrogen) atoms. The number of anilines is 1. The van der Waals surface area contributed by atoms with Crippen molar-refractivity contribution < 1.29 is 14.3 Å². The van der Waals surface area contributed by atoms with Gasteiger partial charge < -0.3 is 19.7 Å². The van der Waals surface area contributed by atoms with Crippen LogP contribution in [0.1, 0.15) is 22.8 Å². The molecule has 1 fully saturated rings. The van der Waals surface area contributed by atoms with Crippen LogP contribution in [0.25, 0.3) is 10.9 Å². The van der Waals surface area contributed by atoms with E-state index in [4.69, 9.17) is 21.1 Å². The van der Waals surface area contributed by atoms with E-state index < -0.39 is 0 Å². The van der Waals surface area contributed by atoms with Gasteiger partial charge >= 0.3 is 0 Å². The molecule has 0 atom stereocenters. The number of benzene rings is 2. The average molecular weight is 426 g/mol. The van der Waals surface area contributed by atoms with Crippen molar-refractivity contribution >= 4 is 34.1 Å². The second-order valence-corrected chi connectivity index (χ2v) is 7.48. The maximum Gasteiger partial charge on any atom is 0.257 e. The molecule has 3 aromatic rings. The van der Waals surface area contributed by atoms with E-state index >= 15 is 0 Å². The molecular weight excluding hydrogens is 402 g/mol. The van der Waals surface area contributed by atoms with Crippen LogP contribution in [0.2, 0.25) is 5.02 Å². The first-order valence-electron chi connectivity index (χ1n) is 10.1. The van der Waals surface area contributed by atoms with E-state index in [-0.39, 0.29) is 5.91 Å². The number of carbonyl (C=O) groups is 1. The minimum Gasteiger partial charge on any atom is -0.494 e. The van der Waals surface area contributed by atoms with Crippen molar-refractivity contribution in [2.24, 2.45) is 0 Å². The lowest BCUT2D eigenvalue weighted by Crippen LogP contribution is -2.41. The topological polar surface area (TPSA) is 63.7 Å². The van der Waals surface area contributed by atoms with Crippen LogP contribution in [-0.2, 0) is 11.3 Å². The van der Waals surface area contributed by atoms with Crippen LogP contribution >= 0.6 is 11.6 Å². The quantitative estimate of drug-likeness (QED) is 0.635. The third-order valence-electron chi connectivity index (χ3n) is 5.04. The molecule has 1 N–H and O–H groups in total. The van der Waals surface area contributed by atoms with Crippen LogP contribution in [0, 0.1) is 0 Å². The normalized spacial score (nSPS) is 14.0. The number of pyridine rings is 1. The molecule has 1 amide bonds. The fraction of sp³-hybridized carbons (Fsp3) is 0.304. The Labute approximate surface area is 180 Å². The molecule has 7 heteroatoms. The van der Waals surface area contributed by atoms with E-state index in [1.54, 1.807) is 17.2 Å². The van der Waals surface area contributed by atoms with Crippen LogP contribution < -0.4 is 10.1 Å². The molecule has 2 heterocycles. The van der Waals surface area contributed by atoms with Gasteiger partial charge in [-0.05, 0) is 42.8 Å². The molecule has 1 aliphatic rings.